The molecule has 1 unspecified atom stereocenters. The molecule has 0 aliphatic heterocycles. The number of halogens is 3. The van der Waals surface area contributed by atoms with Gasteiger partial charge in [0.2, 0.25) is 0 Å². The number of aromatic hydroxyl groups is 1. The Kier molecular flexibility index (Phi) is 5.36. The zero-order valence-corrected chi connectivity index (χ0v) is 15.0. The molecule has 1 aromatic heterocycles. The van der Waals surface area contributed by atoms with E-state index in [0.717, 1.165) is 27.8 Å². The van der Waals surface area contributed by atoms with Gasteiger partial charge in [-0.15, -0.1) is 11.3 Å². The van der Waals surface area contributed by atoms with Crippen molar-refractivity contribution in [2.75, 3.05) is 4.31 Å². The number of anilines is 2. The molecule has 0 spiro atoms. The second-order valence-electron chi connectivity index (χ2n) is 3.84. The molecular weight excluding hydrogens is 441 g/mol. The van der Waals surface area contributed by atoms with Crippen LogP contribution in [-0.2, 0) is 11.3 Å². The summed E-state index contributed by atoms with van der Waals surface area (Å²) in [7, 11) is 0. The van der Waals surface area contributed by atoms with E-state index in [2.05, 4.69) is 15.9 Å². The fourth-order valence-corrected chi connectivity index (χ4v) is 4.85. The lowest BCUT2D eigenvalue weighted by Crippen LogP contribution is -2.19. The Labute approximate surface area is 149 Å². The Morgan fingerprint density at radius 1 is 1.32 bits per heavy atom. The van der Waals surface area contributed by atoms with Crippen LogP contribution in [0.5, 0.6) is 5.75 Å². The summed E-state index contributed by atoms with van der Waals surface area (Å²) in [6.45, 7) is 0. The molecule has 0 saturated heterocycles. The fourth-order valence-electron chi connectivity index (χ4n) is 1.64. The molecular formula is C11H6BrCl2NO5S2. The van der Waals surface area contributed by atoms with Crippen molar-refractivity contribution in [3.63, 3.8) is 0 Å². The predicted molar refractivity (Wildman–Crippen MR) is 90.0 cm³/mol. The van der Waals surface area contributed by atoms with Crippen LogP contribution in [0.4, 0.5) is 11.4 Å². The van der Waals surface area contributed by atoms with Crippen molar-refractivity contribution in [2.45, 2.75) is 0 Å². The molecule has 1 atom stereocenters. The number of rotatable bonds is 4. The van der Waals surface area contributed by atoms with Gasteiger partial charge in [-0.3, -0.25) is 4.55 Å². The Bertz CT molecular complexity index is 782. The number of carbonyl (C=O) groups is 1. The summed E-state index contributed by atoms with van der Waals surface area (Å²) in [6, 6.07) is 3.43. The van der Waals surface area contributed by atoms with Gasteiger partial charge in [0.05, 0.1) is 10.2 Å². The van der Waals surface area contributed by atoms with Crippen LogP contribution < -0.4 is 4.31 Å². The predicted octanol–water partition coefficient (Wildman–Crippen LogP) is 4.50. The molecule has 1 aromatic carbocycles. The SMILES string of the molecule is O=C(O)c1ccc(N(c2c(Cl)sc(Cl)c2Br)S(=O)O)cc1O. The minimum Gasteiger partial charge on any atom is -0.507 e. The van der Waals surface area contributed by atoms with E-state index in [1.54, 1.807) is 0 Å². The van der Waals surface area contributed by atoms with E-state index in [-0.39, 0.29) is 25.6 Å². The molecule has 0 aliphatic carbocycles. The van der Waals surface area contributed by atoms with Crippen molar-refractivity contribution in [1.82, 2.24) is 0 Å². The zero-order valence-electron chi connectivity index (χ0n) is 10.3. The molecule has 0 amide bonds. The zero-order chi connectivity index (χ0) is 16.6. The highest BCUT2D eigenvalue weighted by Crippen LogP contribution is 2.49. The van der Waals surface area contributed by atoms with Crippen LogP contribution in [0.1, 0.15) is 10.4 Å². The number of benzene rings is 1. The first-order valence-electron chi connectivity index (χ1n) is 5.34. The smallest absolute Gasteiger partial charge is 0.339 e. The summed E-state index contributed by atoms with van der Waals surface area (Å²) < 4.78 is 22.8. The van der Waals surface area contributed by atoms with Crippen LogP contribution in [0.15, 0.2) is 22.7 Å². The van der Waals surface area contributed by atoms with Gasteiger partial charge in [-0.2, -0.15) is 0 Å². The Morgan fingerprint density at radius 2 is 1.95 bits per heavy atom. The molecule has 2 rings (SSSR count). The van der Waals surface area contributed by atoms with E-state index in [0.29, 0.717) is 4.47 Å². The average molecular weight is 447 g/mol. The largest absolute Gasteiger partial charge is 0.507 e. The Hall–Kier alpha value is -0.840. The van der Waals surface area contributed by atoms with Gasteiger partial charge in [-0.05, 0) is 28.1 Å². The van der Waals surface area contributed by atoms with Gasteiger partial charge >= 0.3 is 5.97 Å². The van der Waals surface area contributed by atoms with E-state index in [1.165, 1.54) is 6.07 Å². The molecule has 6 nitrogen and oxygen atoms in total. The standard InChI is InChI=1S/C11H6BrCl2NO5S2/c12-7-8(10(14)21-9(7)13)15(22(19)20)4-1-2-5(11(17)18)6(16)3-4/h1-3,16H,(H,17,18)(H,19,20). The molecule has 11 heteroatoms. The summed E-state index contributed by atoms with van der Waals surface area (Å²) in [6.07, 6.45) is 0. The van der Waals surface area contributed by atoms with Gasteiger partial charge in [-0.1, -0.05) is 23.2 Å². The van der Waals surface area contributed by atoms with Gasteiger partial charge < -0.3 is 10.2 Å². The highest BCUT2D eigenvalue weighted by Gasteiger charge is 2.26. The fraction of sp³-hybridized carbons (Fsp3) is 0. The molecule has 1 heterocycles. The number of carboxylic acid groups (broad SMARTS) is 1. The number of hydrogen-bond acceptors (Lipinski definition) is 4. The molecule has 0 saturated carbocycles. The lowest BCUT2D eigenvalue weighted by molar-refractivity contribution is 0.0694. The van der Waals surface area contributed by atoms with Gasteiger partial charge in [0.15, 0.2) is 0 Å². The topological polar surface area (TPSA) is 98.1 Å². The maximum Gasteiger partial charge on any atom is 0.339 e. The van der Waals surface area contributed by atoms with Crippen molar-refractivity contribution < 1.29 is 23.8 Å². The summed E-state index contributed by atoms with van der Waals surface area (Å²) >= 11 is 13.6. The van der Waals surface area contributed by atoms with E-state index >= 15 is 0 Å². The van der Waals surface area contributed by atoms with E-state index in [1.807, 2.05) is 0 Å². The molecule has 0 aliphatic rings. The second kappa shape index (κ2) is 6.73. The van der Waals surface area contributed by atoms with E-state index in [9.17, 15) is 18.7 Å². The number of phenols is 1. The number of hydrogen-bond donors (Lipinski definition) is 3. The third kappa shape index (κ3) is 3.24. The van der Waals surface area contributed by atoms with Crippen LogP contribution in [0.3, 0.4) is 0 Å². The van der Waals surface area contributed by atoms with Gasteiger partial charge in [-0.25, -0.2) is 13.3 Å². The summed E-state index contributed by atoms with van der Waals surface area (Å²) in [4.78, 5) is 10.9. The molecule has 0 bridgehead atoms. The normalized spacial score (nSPS) is 12.2. The van der Waals surface area contributed by atoms with Gasteiger partial charge in [0, 0.05) is 6.07 Å². The summed E-state index contributed by atoms with van der Waals surface area (Å²) in [5, 5.41) is 18.6. The first-order chi connectivity index (χ1) is 10.2. The third-order valence-corrected chi connectivity index (χ3v) is 6.11. The Balaban J connectivity index is 2.61. The quantitative estimate of drug-likeness (QED) is 0.600. The van der Waals surface area contributed by atoms with Crippen molar-refractivity contribution in [2.24, 2.45) is 0 Å². The van der Waals surface area contributed by atoms with E-state index < -0.39 is 23.0 Å². The van der Waals surface area contributed by atoms with Crippen LogP contribution in [-0.4, -0.2) is 24.9 Å². The monoisotopic (exact) mass is 445 g/mol. The first kappa shape index (κ1) is 17.5. The van der Waals surface area contributed by atoms with Crippen molar-refractivity contribution >= 4 is 79.1 Å². The Morgan fingerprint density at radius 3 is 2.36 bits per heavy atom. The lowest BCUT2D eigenvalue weighted by atomic mass is 10.2. The maximum atomic E-state index is 11.7. The minimum atomic E-state index is -2.53. The first-order valence-corrected chi connectivity index (χ1v) is 8.77. The van der Waals surface area contributed by atoms with Crippen LogP contribution in [0, 0.1) is 0 Å². The number of nitrogens with zero attached hydrogens (tertiary/aromatic N) is 1. The lowest BCUT2D eigenvalue weighted by Gasteiger charge is -2.20. The second-order valence-corrected chi connectivity index (χ2v) is 7.69. The molecule has 118 valence electrons. The van der Waals surface area contributed by atoms with Crippen LogP contribution in [0.2, 0.25) is 8.67 Å². The highest BCUT2D eigenvalue weighted by molar-refractivity contribution is 9.10. The average Bonchev–Trinajstić information content (AvgIpc) is 2.65. The molecule has 0 radical (unpaired) electrons. The minimum absolute atomic E-state index is 0.0698. The molecule has 2 aromatic rings. The number of aromatic carboxylic acids is 1. The van der Waals surface area contributed by atoms with Crippen LogP contribution in [0.25, 0.3) is 0 Å². The van der Waals surface area contributed by atoms with E-state index in [4.69, 9.17) is 28.3 Å². The van der Waals surface area contributed by atoms with Crippen molar-refractivity contribution in [3.8, 4) is 5.75 Å². The number of thiophene rings is 1. The van der Waals surface area contributed by atoms with Crippen LogP contribution >= 0.6 is 50.5 Å². The van der Waals surface area contributed by atoms with Gasteiger partial charge in [0.25, 0.3) is 11.3 Å². The molecule has 3 N–H and O–H groups in total. The summed E-state index contributed by atoms with van der Waals surface area (Å²) in [5.74, 6) is -1.87. The number of carboxylic acids is 1. The van der Waals surface area contributed by atoms with Gasteiger partial charge in [0.1, 0.15) is 25.7 Å². The third-order valence-electron chi connectivity index (χ3n) is 2.55. The molecule has 0 fully saturated rings. The van der Waals surface area contributed by atoms with Crippen molar-refractivity contribution in [3.05, 3.63) is 36.9 Å². The van der Waals surface area contributed by atoms with Crippen molar-refractivity contribution in [1.29, 1.82) is 0 Å². The summed E-state index contributed by atoms with van der Waals surface area (Å²) in [5.41, 5.74) is -0.124. The molecule has 22 heavy (non-hydrogen) atoms. The maximum absolute atomic E-state index is 11.7. The highest BCUT2D eigenvalue weighted by atomic mass is 79.9.